The SMILES string of the molecule is C=C(O)C1(C)[N+](/C=C\CCC)=Cc2cc(C(C)(C)C)c3ccccc3c2C1(C)COC. The summed E-state index contributed by atoms with van der Waals surface area (Å²) >= 11 is 0. The summed E-state index contributed by atoms with van der Waals surface area (Å²) in [6.45, 7) is 17.7. The number of fused-ring (bicyclic) bond motifs is 3. The second kappa shape index (κ2) is 8.27. The van der Waals surface area contributed by atoms with E-state index in [-0.39, 0.29) is 11.2 Å². The van der Waals surface area contributed by atoms with Gasteiger partial charge in [0, 0.05) is 19.6 Å². The number of aliphatic hydroxyl groups excluding tert-OH is 1. The van der Waals surface area contributed by atoms with Crippen LogP contribution < -0.4 is 0 Å². The average Bonchev–Trinajstić information content (AvgIpc) is 2.70. The monoisotopic (exact) mass is 420 g/mol. The quantitative estimate of drug-likeness (QED) is 0.420. The van der Waals surface area contributed by atoms with Gasteiger partial charge in [-0.05, 0) is 52.8 Å². The fraction of sp³-hybridized carbons (Fsp3) is 0.464. The topological polar surface area (TPSA) is 32.5 Å². The van der Waals surface area contributed by atoms with E-state index in [1.54, 1.807) is 7.11 Å². The number of aliphatic hydroxyl groups is 1. The van der Waals surface area contributed by atoms with Crippen molar-refractivity contribution in [1.29, 1.82) is 0 Å². The van der Waals surface area contributed by atoms with Crippen molar-refractivity contribution >= 4 is 17.0 Å². The lowest BCUT2D eigenvalue weighted by molar-refractivity contribution is -0.551. The van der Waals surface area contributed by atoms with Gasteiger partial charge in [-0.1, -0.05) is 65.0 Å². The first-order valence-corrected chi connectivity index (χ1v) is 11.3. The molecule has 0 fully saturated rings. The Morgan fingerprint density at radius 3 is 2.39 bits per heavy atom. The molecule has 0 spiro atoms. The molecule has 1 heterocycles. The van der Waals surface area contributed by atoms with E-state index in [4.69, 9.17) is 4.74 Å². The third-order valence-electron chi connectivity index (χ3n) is 7.02. The standard InChI is InChI=1S/C28H37NO2/c1-9-10-13-16-29-18-21-17-24(26(3,4)5)22-14-11-12-15-23(22)25(21)27(6,19-31-8)28(29,7)20(2)30/h11-18H,2,9-10,19H2,1,3-8H3/p+1/b16-13-. The van der Waals surface area contributed by atoms with Crippen molar-refractivity contribution < 1.29 is 14.4 Å². The highest BCUT2D eigenvalue weighted by Gasteiger charge is 2.60. The summed E-state index contributed by atoms with van der Waals surface area (Å²) in [5.41, 5.74) is 2.42. The van der Waals surface area contributed by atoms with Crippen LogP contribution in [0.15, 0.2) is 54.9 Å². The minimum absolute atomic E-state index is 0.00430. The van der Waals surface area contributed by atoms with Crippen LogP contribution in [0.1, 0.15) is 71.1 Å². The zero-order valence-electron chi connectivity index (χ0n) is 20.2. The maximum atomic E-state index is 11.0. The minimum Gasteiger partial charge on any atom is -0.506 e. The van der Waals surface area contributed by atoms with Crippen LogP contribution in [-0.4, -0.2) is 35.2 Å². The van der Waals surface area contributed by atoms with Crippen LogP contribution >= 0.6 is 0 Å². The molecule has 1 aliphatic rings. The van der Waals surface area contributed by atoms with Crippen molar-refractivity contribution in [2.45, 2.75) is 70.8 Å². The highest BCUT2D eigenvalue weighted by molar-refractivity contribution is 5.98. The normalized spacial score (nSPS) is 23.8. The number of benzene rings is 2. The molecule has 2 atom stereocenters. The van der Waals surface area contributed by atoms with Gasteiger partial charge in [0.2, 0.25) is 5.54 Å². The third kappa shape index (κ3) is 3.63. The molecule has 0 aliphatic carbocycles. The number of rotatable bonds is 6. The molecule has 2 unspecified atom stereocenters. The van der Waals surface area contributed by atoms with E-state index in [2.05, 4.69) is 102 Å². The van der Waals surface area contributed by atoms with Crippen molar-refractivity contribution in [1.82, 2.24) is 0 Å². The Kier molecular flexibility index (Phi) is 6.21. The Balaban J connectivity index is 2.49. The van der Waals surface area contributed by atoms with E-state index in [1.165, 1.54) is 27.5 Å². The van der Waals surface area contributed by atoms with Gasteiger partial charge in [0.25, 0.3) is 0 Å². The lowest BCUT2D eigenvalue weighted by Crippen LogP contribution is -2.60. The number of methoxy groups -OCH3 is 1. The lowest BCUT2D eigenvalue weighted by Gasteiger charge is -2.45. The van der Waals surface area contributed by atoms with E-state index in [9.17, 15) is 5.11 Å². The predicted octanol–water partition coefficient (Wildman–Crippen LogP) is 6.63. The highest BCUT2D eigenvalue weighted by atomic mass is 16.5. The van der Waals surface area contributed by atoms with Gasteiger partial charge in [-0.3, -0.25) is 0 Å². The molecule has 31 heavy (non-hydrogen) atoms. The van der Waals surface area contributed by atoms with E-state index in [0.717, 1.165) is 12.8 Å². The Morgan fingerprint density at radius 2 is 1.84 bits per heavy atom. The van der Waals surface area contributed by atoms with Gasteiger partial charge in [-0.2, -0.15) is 4.58 Å². The molecule has 2 aromatic carbocycles. The summed E-state index contributed by atoms with van der Waals surface area (Å²) in [7, 11) is 1.73. The predicted molar refractivity (Wildman–Crippen MR) is 132 cm³/mol. The molecule has 3 rings (SSSR count). The van der Waals surface area contributed by atoms with Gasteiger partial charge in [0.05, 0.1) is 12.0 Å². The maximum absolute atomic E-state index is 11.0. The van der Waals surface area contributed by atoms with Crippen LogP contribution in [0.4, 0.5) is 0 Å². The first-order chi connectivity index (χ1) is 14.5. The van der Waals surface area contributed by atoms with E-state index in [1.807, 2.05) is 0 Å². The van der Waals surface area contributed by atoms with Crippen LogP contribution in [0.3, 0.4) is 0 Å². The van der Waals surface area contributed by atoms with Gasteiger partial charge in [0.1, 0.15) is 0 Å². The lowest BCUT2D eigenvalue weighted by atomic mass is 9.62. The summed E-state index contributed by atoms with van der Waals surface area (Å²) in [5.74, 6) is 0.138. The number of ether oxygens (including phenoxy) is 1. The summed E-state index contributed by atoms with van der Waals surface area (Å²) < 4.78 is 7.92. The van der Waals surface area contributed by atoms with E-state index < -0.39 is 11.0 Å². The fourth-order valence-corrected chi connectivity index (χ4v) is 5.06. The van der Waals surface area contributed by atoms with Gasteiger partial charge < -0.3 is 9.84 Å². The molecular weight excluding hydrogens is 382 g/mol. The summed E-state index contributed by atoms with van der Waals surface area (Å²) in [4.78, 5) is 0. The van der Waals surface area contributed by atoms with Crippen LogP contribution in [0, 0.1) is 0 Å². The highest BCUT2D eigenvalue weighted by Crippen LogP contribution is 2.49. The number of allylic oxidation sites excluding steroid dienone is 1. The molecule has 0 aromatic heterocycles. The molecule has 0 saturated carbocycles. The number of nitrogens with zero attached hydrogens (tertiary/aromatic N) is 1. The number of unbranched alkanes of at least 4 members (excludes halogenated alkanes) is 1. The summed E-state index contributed by atoms with van der Waals surface area (Å²) in [5, 5.41) is 13.4. The summed E-state index contributed by atoms with van der Waals surface area (Å²) in [6.07, 6.45) is 8.49. The molecule has 3 heteroatoms. The largest absolute Gasteiger partial charge is 0.506 e. The van der Waals surface area contributed by atoms with E-state index >= 15 is 0 Å². The Labute approximate surface area is 187 Å². The zero-order chi connectivity index (χ0) is 23.0. The molecular formula is C28H38NO2+. The molecule has 1 aliphatic heterocycles. The number of hydrogen-bond donors (Lipinski definition) is 1. The van der Waals surface area contributed by atoms with Crippen LogP contribution in [0.25, 0.3) is 10.8 Å². The first-order valence-electron chi connectivity index (χ1n) is 11.3. The third-order valence-corrected chi connectivity index (χ3v) is 7.02. The fourth-order valence-electron chi connectivity index (χ4n) is 5.06. The van der Waals surface area contributed by atoms with Crippen molar-refractivity contribution in [3.63, 3.8) is 0 Å². The van der Waals surface area contributed by atoms with E-state index in [0.29, 0.717) is 6.61 Å². The Morgan fingerprint density at radius 1 is 1.19 bits per heavy atom. The Bertz CT molecular complexity index is 1060. The molecule has 0 saturated heterocycles. The van der Waals surface area contributed by atoms with Gasteiger partial charge >= 0.3 is 0 Å². The first kappa shape index (κ1) is 23.3. The molecule has 3 nitrogen and oxygen atoms in total. The van der Waals surface area contributed by atoms with Crippen LogP contribution in [0.2, 0.25) is 0 Å². The minimum atomic E-state index is -0.758. The van der Waals surface area contributed by atoms with Crippen molar-refractivity contribution in [2.24, 2.45) is 0 Å². The molecule has 0 radical (unpaired) electrons. The smallest absolute Gasteiger partial charge is 0.232 e. The molecule has 0 bridgehead atoms. The number of hydrogen-bond acceptors (Lipinski definition) is 2. The Hall–Kier alpha value is -2.39. The molecule has 166 valence electrons. The van der Waals surface area contributed by atoms with Crippen LogP contribution in [-0.2, 0) is 15.6 Å². The second-order valence-corrected chi connectivity index (χ2v) is 10.2. The average molecular weight is 421 g/mol. The maximum Gasteiger partial charge on any atom is 0.232 e. The van der Waals surface area contributed by atoms with Crippen molar-refractivity contribution in [3.05, 3.63) is 71.6 Å². The van der Waals surface area contributed by atoms with Crippen LogP contribution in [0.5, 0.6) is 0 Å². The van der Waals surface area contributed by atoms with Crippen molar-refractivity contribution in [3.8, 4) is 0 Å². The van der Waals surface area contributed by atoms with Gasteiger partial charge in [0.15, 0.2) is 18.2 Å². The van der Waals surface area contributed by atoms with Crippen molar-refractivity contribution in [2.75, 3.05) is 13.7 Å². The van der Waals surface area contributed by atoms with Gasteiger partial charge in [-0.25, -0.2) is 0 Å². The molecule has 1 N–H and O–H groups in total. The molecule has 2 aromatic rings. The van der Waals surface area contributed by atoms with Gasteiger partial charge in [-0.15, -0.1) is 0 Å². The summed E-state index contributed by atoms with van der Waals surface area (Å²) in [6, 6.07) is 10.9. The second-order valence-electron chi connectivity index (χ2n) is 10.2. The zero-order valence-corrected chi connectivity index (χ0v) is 20.2. The molecule has 0 amide bonds.